The van der Waals surface area contributed by atoms with Crippen molar-refractivity contribution in [2.75, 3.05) is 39.0 Å². The third-order valence-corrected chi connectivity index (χ3v) is 7.74. The number of aromatic nitrogens is 3. The van der Waals surface area contributed by atoms with Crippen molar-refractivity contribution in [2.45, 2.75) is 69.7 Å². The summed E-state index contributed by atoms with van der Waals surface area (Å²) in [5.41, 5.74) is 1.83. The van der Waals surface area contributed by atoms with Crippen molar-refractivity contribution < 1.29 is 14.3 Å². The molecule has 1 N–H and O–H groups in total. The maximum absolute atomic E-state index is 13.1. The van der Waals surface area contributed by atoms with E-state index in [1.165, 1.54) is 0 Å². The van der Waals surface area contributed by atoms with Crippen LogP contribution in [0.4, 0.5) is 10.6 Å². The summed E-state index contributed by atoms with van der Waals surface area (Å²) in [5, 5.41) is 8.61. The summed E-state index contributed by atoms with van der Waals surface area (Å²) < 4.78 is 7.60. The number of anilines is 1. The number of hydrogen-bond acceptors (Lipinski definition) is 7. The Morgan fingerprint density at radius 3 is 2.59 bits per heavy atom. The SMILES string of the molecule is CC(C)c1cnn2c(NC3CC4CCC(C3)N4C(=O)OC3CN(C(=O)/C=C/CN(C)C)C3)cc(Cl)nc12. The number of likely N-dealkylation sites (N-methyl/N-ethyl adjacent to an activating group) is 1. The largest absolute Gasteiger partial charge is 0.442 e. The second-order valence-electron chi connectivity index (χ2n) is 11.0. The van der Waals surface area contributed by atoms with Gasteiger partial charge in [-0.3, -0.25) is 4.79 Å². The molecule has 2 amide bonds. The second kappa shape index (κ2) is 10.5. The number of hydrogen-bond donors (Lipinski definition) is 1. The van der Waals surface area contributed by atoms with Crippen LogP contribution in [0.1, 0.15) is 51.0 Å². The summed E-state index contributed by atoms with van der Waals surface area (Å²) in [5.74, 6) is 1.08. The van der Waals surface area contributed by atoms with E-state index in [0.717, 1.165) is 42.7 Å². The molecule has 3 aliphatic rings. The fraction of sp³-hybridized carbons (Fsp3) is 0.615. The van der Waals surface area contributed by atoms with Gasteiger partial charge in [-0.15, -0.1) is 0 Å². The van der Waals surface area contributed by atoms with Gasteiger partial charge in [0.2, 0.25) is 5.91 Å². The van der Waals surface area contributed by atoms with Crippen LogP contribution in [0, 0.1) is 0 Å². The van der Waals surface area contributed by atoms with Gasteiger partial charge in [0.25, 0.3) is 0 Å². The lowest BCUT2D eigenvalue weighted by atomic mass is 9.97. The van der Waals surface area contributed by atoms with Crippen LogP contribution in [-0.2, 0) is 9.53 Å². The van der Waals surface area contributed by atoms with Crippen LogP contribution in [0.3, 0.4) is 0 Å². The summed E-state index contributed by atoms with van der Waals surface area (Å²) in [4.78, 5) is 35.4. The van der Waals surface area contributed by atoms with Crippen molar-refractivity contribution in [3.05, 3.63) is 35.1 Å². The van der Waals surface area contributed by atoms with Gasteiger partial charge in [-0.2, -0.15) is 9.61 Å². The Hall–Kier alpha value is -2.85. The molecule has 200 valence electrons. The van der Waals surface area contributed by atoms with E-state index >= 15 is 0 Å². The number of halogens is 1. The standard InChI is InChI=1S/C26H36ClN7O3/c1-16(2)21-13-28-34-23(12-22(27)30-25(21)34)29-17-10-18-7-8-19(11-17)33(18)26(36)37-20-14-32(15-20)24(35)6-5-9-31(3)4/h5-6,12-13,16-20,29H,7-11,14-15H2,1-4H3/b6-5+. The number of piperidine rings is 1. The number of nitrogens with one attached hydrogen (secondary N) is 1. The number of carbonyl (C=O) groups is 2. The van der Waals surface area contributed by atoms with Crippen molar-refractivity contribution in [1.82, 2.24) is 29.3 Å². The number of rotatable bonds is 7. The van der Waals surface area contributed by atoms with Crippen LogP contribution in [0.2, 0.25) is 5.15 Å². The Kier molecular flexibility index (Phi) is 7.31. The Morgan fingerprint density at radius 1 is 1.24 bits per heavy atom. The monoisotopic (exact) mass is 529 g/mol. The van der Waals surface area contributed by atoms with Crippen molar-refractivity contribution in [1.29, 1.82) is 0 Å². The molecule has 2 atom stereocenters. The minimum Gasteiger partial charge on any atom is -0.442 e. The summed E-state index contributed by atoms with van der Waals surface area (Å²) >= 11 is 6.35. The molecule has 3 saturated heterocycles. The lowest BCUT2D eigenvalue weighted by Crippen LogP contribution is -2.57. The van der Waals surface area contributed by atoms with Crippen molar-refractivity contribution in [3.63, 3.8) is 0 Å². The quantitative estimate of drug-likeness (QED) is 0.434. The molecule has 2 aromatic heterocycles. The van der Waals surface area contributed by atoms with Gasteiger partial charge in [-0.1, -0.05) is 31.5 Å². The molecule has 10 nitrogen and oxygen atoms in total. The minimum absolute atomic E-state index is 0.0378. The fourth-order valence-electron chi connectivity index (χ4n) is 5.63. The first-order valence-electron chi connectivity index (χ1n) is 13.1. The molecule has 2 aromatic rings. The van der Waals surface area contributed by atoms with E-state index < -0.39 is 0 Å². The highest BCUT2D eigenvalue weighted by atomic mass is 35.5. The molecule has 11 heteroatoms. The topological polar surface area (TPSA) is 95.3 Å². The zero-order valence-electron chi connectivity index (χ0n) is 21.9. The molecule has 5 heterocycles. The Morgan fingerprint density at radius 2 is 1.95 bits per heavy atom. The molecule has 2 bridgehead atoms. The predicted molar refractivity (Wildman–Crippen MR) is 142 cm³/mol. The van der Waals surface area contributed by atoms with Crippen LogP contribution in [0.5, 0.6) is 0 Å². The van der Waals surface area contributed by atoms with E-state index in [2.05, 4.69) is 29.2 Å². The van der Waals surface area contributed by atoms with Crippen LogP contribution >= 0.6 is 11.6 Å². The summed E-state index contributed by atoms with van der Waals surface area (Å²) in [7, 11) is 3.91. The van der Waals surface area contributed by atoms with E-state index in [-0.39, 0.29) is 36.2 Å². The number of likely N-dealkylation sites (tertiary alicyclic amines) is 1. The second-order valence-corrected chi connectivity index (χ2v) is 11.4. The lowest BCUT2D eigenvalue weighted by molar-refractivity contribution is -0.136. The van der Waals surface area contributed by atoms with Crippen LogP contribution in [-0.4, -0.2) is 99.3 Å². The summed E-state index contributed by atoms with van der Waals surface area (Å²) in [6.45, 7) is 5.84. The fourth-order valence-corrected chi connectivity index (χ4v) is 5.81. The van der Waals surface area contributed by atoms with E-state index in [0.29, 0.717) is 30.7 Å². The third kappa shape index (κ3) is 5.40. The lowest BCUT2D eigenvalue weighted by Gasteiger charge is -2.42. The number of fused-ring (bicyclic) bond motifs is 3. The molecule has 5 rings (SSSR count). The van der Waals surface area contributed by atoms with Gasteiger partial charge >= 0.3 is 6.09 Å². The number of nitrogens with zero attached hydrogens (tertiary/aromatic N) is 6. The molecule has 2 unspecified atom stereocenters. The average molecular weight is 530 g/mol. The molecule has 0 aliphatic carbocycles. The zero-order valence-corrected chi connectivity index (χ0v) is 22.7. The molecule has 3 aliphatic heterocycles. The summed E-state index contributed by atoms with van der Waals surface area (Å²) in [6.07, 6.45) is 8.39. The van der Waals surface area contributed by atoms with E-state index in [1.54, 1.807) is 11.0 Å². The van der Waals surface area contributed by atoms with E-state index in [9.17, 15) is 9.59 Å². The highest BCUT2D eigenvalue weighted by Crippen LogP contribution is 2.38. The molecular formula is C26H36ClN7O3. The average Bonchev–Trinajstić information content (AvgIpc) is 3.34. The maximum Gasteiger partial charge on any atom is 0.410 e. The first-order valence-corrected chi connectivity index (χ1v) is 13.5. The minimum atomic E-state index is -0.255. The Labute approximate surface area is 222 Å². The van der Waals surface area contributed by atoms with Crippen molar-refractivity contribution in [3.8, 4) is 0 Å². The van der Waals surface area contributed by atoms with E-state index in [4.69, 9.17) is 16.3 Å². The zero-order chi connectivity index (χ0) is 26.3. The van der Waals surface area contributed by atoms with Gasteiger partial charge in [-0.05, 0) is 45.7 Å². The van der Waals surface area contributed by atoms with Gasteiger partial charge in [0.05, 0.1) is 19.3 Å². The van der Waals surface area contributed by atoms with Crippen molar-refractivity contribution >= 4 is 35.1 Å². The van der Waals surface area contributed by atoms with Crippen molar-refractivity contribution in [2.24, 2.45) is 0 Å². The smallest absolute Gasteiger partial charge is 0.410 e. The number of ether oxygens (including phenoxy) is 1. The normalized spacial score (nSPS) is 23.9. The third-order valence-electron chi connectivity index (χ3n) is 7.54. The van der Waals surface area contributed by atoms with E-state index in [1.807, 2.05) is 46.7 Å². The van der Waals surface area contributed by atoms with Crippen LogP contribution in [0.15, 0.2) is 24.4 Å². The molecule has 0 aromatic carbocycles. The maximum atomic E-state index is 13.1. The van der Waals surface area contributed by atoms with Gasteiger partial charge in [0.15, 0.2) is 5.65 Å². The number of carbonyl (C=O) groups excluding carboxylic acids is 2. The first kappa shape index (κ1) is 25.8. The molecule has 0 radical (unpaired) electrons. The number of amides is 2. The van der Waals surface area contributed by atoms with Crippen LogP contribution < -0.4 is 5.32 Å². The van der Waals surface area contributed by atoms with Gasteiger partial charge < -0.3 is 24.8 Å². The molecule has 3 fully saturated rings. The van der Waals surface area contributed by atoms with Gasteiger partial charge in [-0.25, -0.2) is 9.78 Å². The van der Waals surface area contributed by atoms with Gasteiger partial charge in [0, 0.05) is 42.4 Å². The molecule has 0 spiro atoms. The molecule has 37 heavy (non-hydrogen) atoms. The Balaban J connectivity index is 1.16. The highest BCUT2D eigenvalue weighted by Gasteiger charge is 2.45. The predicted octanol–water partition coefficient (Wildman–Crippen LogP) is 3.38. The highest BCUT2D eigenvalue weighted by molar-refractivity contribution is 6.29. The Bertz CT molecular complexity index is 1180. The van der Waals surface area contributed by atoms with Crippen LogP contribution in [0.25, 0.3) is 5.65 Å². The van der Waals surface area contributed by atoms with Gasteiger partial charge in [0.1, 0.15) is 17.1 Å². The molecule has 0 saturated carbocycles. The first-order chi connectivity index (χ1) is 17.7. The summed E-state index contributed by atoms with van der Waals surface area (Å²) in [6, 6.07) is 2.27. The molecular weight excluding hydrogens is 494 g/mol.